The monoisotopic (exact) mass is 482 g/mol. The van der Waals surface area contributed by atoms with Gasteiger partial charge in [-0.25, -0.2) is 13.1 Å². The predicted molar refractivity (Wildman–Crippen MR) is 136 cm³/mol. The Morgan fingerprint density at radius 1 is 0.971 bits per heavy atom. The third-order valence-corrected chi connectivity index (χ3v) is 8.07. The highest BCUT2D eigenvalue weighted by Gasteiger charge is 2.19. The third kappa shape index (κ3) is 6.05. The number of aryl methyl sites for hydroxylation is 1. The number of carbonyl (C=O) groups excluding carboxylic acids is 1. The molecule has 4 rings (SSSR count). The van der Waals surface area contributed by atoms with E-state index in [-0.39, 0.29) is 5.91 Å². The first-order valence-corrected chi connectivity index (χ1v) is 13.5. The van der Waals surface area contributed by atoms with Crippen molar-refractivity contribution < 1.29 is 13.2 Å². The van der Waals surface area contributed by atoms with Gasteiger partial charge in [0, 0.05) is 44.0 Å². The Morgan fingerprint density at radius 3 is 2.56 bits per heavy atom. The smallest absolute Gasteiger partial charge is 0.247 e. The highest BCUT2D eigenvalue weighted by atomic mass is 32.2. The first-order chi connectivity index (χ1) is 16.5. The average Bonchev–Trinajstić information content (AvgIpc) is 2.88. The lowest BCUT2D eigenvalue weighted by Crippen LogP contribution is -2.46. The van der Waals surface area contributed by atoms with E-state index in [0.717, 1.165) is 75.2 Å². The van der Waals surface area contributed by atoms with Gasteiger partial charge >= 0.3 is 0 Å². The van der Waals surface area contributed by atoms with Crippen LogP contribution < -0.4 is 14.9 Å². The molecule has 1 amide bonds. The second-order valence-corrected chi connectivity index (χ2v) is 10.8. The van der Waals surface area contributed by atoms with Crippen LogP contribution in [0.5, 0.6) is 0 Å². The molecular weight excluding hydrogens is 448 g/mol. The van der Waals surface area contributed by atoms with Gasteiger partial charge in [0.15, 0.2) is 0 Å². The summed E-state index contributed by atoms with van der Waals surface area (Å²) >= 11 is 0. The summed E-state index contributed by atoms with van der Waals surface area (Å²) in [5.74, 6) is 0.0608. The van der Waals surface area contributed by atoms with Gasteiger partial charge in [0.05, 0.1) is 4.90 Å². The molecule has 1 heterocycles. The summed E-state index contributed by atoms with van der Waals surface area (Å²) < 4.78 is 26.5. The third-order valence-electron chi connectivity index (χ3n) is 6.66. The SMILES string of the molecule is CNS(=O)(=O)c1cccc(N2CCN(CCCCNC(=O)C3=Cc4ccccc4CC3)CC2)c1. The Labute approximate surface area is 202 Å². The molecule has 1 aliphatic heterocycles. The standard InChI is InChI=1S/C26H34N4O3S/c1-27-34(32,33)25-10-6-9-24(20-25)30-17-15-29(16-18-30)14-5-4-13-28-26(31)23-12-11-21-7-2-3-8-22(21)19-23/h2-3,6-10,19-20,27H,4-5,11-18H2,1H3,(H,28,31). The number of benzene rings is 2. The van der Waals surface area contributed by atoms with Gasteiger partial charge in [-0.15, -0.1) is 0 Å². The van der Waals surface area contributed by atoms with Crippen molar-refractivity contribution in [2.75, 3.05) is 51.2 Å². The topological polar surface area (TPSA) is 81.8 Å². The molecule has 2 aliphatic rings. The van der Waals surface area contributed by atoms with Crippen LogP contribution in [0.15, 0.2) is 59.0 Å². The van der Waals surface area contributed by atoms with Gasteiger partial charge in [-0.3, -0.25) is 9.69 Å². The maximum Gasteiger partial charge on any atom is 0.247 e. The van der Waals surface area contributed by atoms with Crippen LogP contribution in [0, 0.1) is 0 Å². The lowest BCUT2D eigenvalue weighted by atomic mass is 9.92. The van der Waals surface area contributed by atoms with Crippen molar-refractivity contribution in [3.8, 4) is 0 Å². The lowest BCUT2D eigenvalue weighted by molar-refractivity contribution is -0.117. The summed E-state index contributed by atoms with van der Waals surface area (Å²) in [5, 5.41) is 3.08. The van der Waals surface area contributed by atoms with Crippen molar-refractivity contribution in [1.82, 2.24) is 14.9 Å². The van der Waals surface area contributed by atoms with Gasteiger partial charge in [0.25, 0.3) is 0 Å². The first kappa shape index (κ1) is 24.4. The lowest BCUT2D eigenvalue weighted by Gasteiger charge is -2.36. The first-order valence-electron chi connectivity index (χ1n) is 12.0. The average molecular weight is 483 g/mol. The number of rotatable bonds is 9. The van der Waals surface area contributed by atoms with Gasteiger partial charge < -0.3 is 10.2 Å². The van der Waals surface area contributed by atoms with Crippen molar-refractivity contribution in [1.29, 1.82) is 0 Å². The number of amides is 1. The number of hydrogen-bond acceptors (Lipinski definition) is 5. The summed E-state index contributed by atoms with van der Waals surface area (Å²) in [6.07, 6.45) is 5.75. The molecule has 34 heavy (non-hydrogen) atoms. The quantitative estimate of drug-likeness (QED) is 0.537. The normalized spacial score (nSPS) is 16.6. The highest BCUT2D eigenvalue weighted by Crippen LogP contribution is 2.24. The maximum absolute atomic E-state index is 12.5. The molecule has 182 valence electrons. The van der Waals surface area contributed by atoms with Crippen molar-refractivity contribution in [2.24, 2.45) is 0 Å². The Hall–Kier alpha value is -2.68. The molecule has 0 spiro atoms. The molecule has 2 N–H and O–H groups in total. The fraction of sp³-hybridized carbons (Fsp3) is 0.423. The number of hydrogen-bond donors (Lipinski definition) is 2. The van der Waals surface area contributed by atoms with Gasteiger partial charge in [0.1, 0.15) is 0 Å². The zero-order valence-corrected chi connectivity index (χ0v) is 20.6. The predicted octanol–water partition coefficient (Wildman–Crippen LogP) is 2.64. The highest BCUT2D eigenvalue weighted by molar-refractivity contribution is 7.89. The van der Waals surface area contributed by atoms with Crippen LogP contribution in [-0.2, 0) is 21.2 Å². The zero-order chi connectivity index (χ0) is 24.0. The molecule has 0 atom stereocenters. The maximum atomic E-state index is 12.5. The van der Waals surface area contributed by atoms with E-state index >= 15 is 0 Å². The second-order valence-electron chi connectivity index (χ2n) is 8.87. The fourth-order valence-corrected chi connectivity index (χ4v) is 5.35. The van der Waals surface area contributed by atoms with E-state index in [9.17, 15) is 13.2 Å². The van der Waals surface area contributed by atoms with E-state index < -0.39 is 10.0 Å². The molecule has 0 unspecified atom stereocenters. The number of sulfonamides is 1. The Kier molecular flexibility index (Phi) is 8.03. The van der Waals surface area contributed by atoms with E-state index in [1.807, 2.05) is 24.3 Å². The van der Waals surface area contributed by atoms with E-state index in [1.54, 1.807) is 18.2 Å². The largest absolute Gasteiger partial charge is 0.369 e. The van der Waals surface area contributed by atoms with E-state index in [4.69, 9.17) is 0 Å². The van der Waals surface area contributed by atoms with E-state index in [0.29, 0.717) is 11.4 Å². The number of unbranched alkanes of at least 4 members (excludes halogenated alkanes) is 1. The number of nitrogens with zero attached hydrogens (tertiary/aromatic N) is 2. The van der Waals surface area contributed by atoms with E-state index in [1.165, 1.54) is 12.6 Å². The number of nitrogens with one attached hydrogen (secondary N) is 2. The molecule has 0 bridgehead atoms. The molecule has 0 aromatic heterocycles. The van der Waals surface area contributed by atoms with Crippen LogP contribution in [0.2, 0.25) is 0 Å². The Balaban J connectivity index is 1.16. The minimum Gasteiger partial charge on any atom is -0.369 e. The fourth-order valence-electron chi connectivity index (χ4n) is 4.58. The van der Waals surface area contributed by atoms with Crippen LogP contribution in [0.3, 0.4) is 0 Å². The van der Waals surface area contributed by atoms with Crippen molar-refractivity contribution in [3.05, 3.63) is 65.2 Å². The van der Waals surface area contributed by atoms with Crippen LogP contribution in [0.1, 0.15) is 30.4 Å². The van der Waals surface area contributed by atoms with E-state index in [2.05, 4.69) is 32.0 Å². The molecule has 2 aromatic rings. The molecule has 0 saturated carbocycles. The molecule has 2 aromatic carbocycles. The van der Waals surface area contributed by atoms with Crippen LogP contribution >= 0.6 is 0 Å². The summed E-state index contributed by atoms with van der Waals surface area (Å²) in [6, 6.07) is 15.4. The number of carbonyl (C=O) groups is 1. The van der Waals surface area contributed by atoms with Gasteiger partial charge in [-0.1, -0.05) is 30.3 Å². The number of fused-ring (bicyclic) bond motifs is 1. The van der Waals surface area contributed by atoms with Crippen LogP contribution in [0.25, 0.3) is 6.08 Å². The van der Waals surface area contributed by atoms with Gasteiger partial charge in [-0.2, -0.15) is 0 Å². The van der Waals surface area contributed by atoms with Crippen LogP contribution in [0.4, 0.5) is 5.69 Å². The Morgan fingerprint density at radius 2 is 1.76 bits per heavy atom. The summed E-state index contributed by atoms with van der Waals surface area (Å²) in [5.41, 5.74) is 4.29. The van der Waals surface area contributed by atoms with Gasteiger partial charge in [0.2, 0.25) is 15.9 Å². The van der Waals surface area contributed by atoms with Crippen molar-refractivity contribution in [3.63, 3.8) is 0 Å². The molecule has 8 heteroatoms. The molecular formula is C26H34N4O3S. The van der Waals surface area contributed by atoms with Crippen molar-refractivity contribution >= 4 is 27.7 Å². The second kappa shape index (κ2) is 11.2. The minimum absolute atomic E-state index is 0.0608. The molecule has 0 radical (unpaired) electrons. The Bertz CT molecular complexity index is 1140. The number of piperazine rings is 1. The number of anilines is 1. The summed E-state index contributed by atoms with van der Waals surface area (Å²) in [6.45, 7) is 5.34. The molecule has 1 aliphatic carbocycles. The summed E-state index contributed by atoms with van der Waals surface area (Å²) in [7, 11) is -2.01. The zero-order valence-electron chi connectivity index (χ0n) is 19.8. The molecule has 7 nitrogen and oxygen atoms in total. The molecule has 1 saturated heterocycles. The van der Waals surface area contributed by atoms with Crippen LogP contribution in [-0.4, -0.2) is 65.5 Å². The van der Waals surface area contributed by atoms with Gasteiger partial charge in [-0.05, 0) is 74.7 Å². The summed E-state index contributed by atoms with van der Waals surface area (Å²) in [4.78, 5) is 17.5. The van der Waals surface area contributed by atoms with Crippen molar-refractivity contribution in [2.45, 2.75) is 30.6 Å². The minimum atomic E-state index is -3.43. The molecule has 1 fully saturated rings.